The first kappa shape index (κ1) is 21.9. The Labute approximate surface area is 193 Å². The van der Waals surface area contributed by atoms with Crippen molar-refractivity contribution in [2.75, 3.05) is 12.4 Å². The zero-order chi connectivity index (χ0) is 23.5. The van der Waals surface area contributed by atoms with E-state index >= 15 is 0 Å². The van der Waals surface area contributed by atoms with E-state index in [0.717, 1.165) is 5.56 Å². The Bertz CT molecular complexity index is 1380. The zero-order valence-corrected chi connectivity index (χ0v) is 18.4. The number of nitrogens with one attached hydrogen (secondary N) is 2. The summed E-state index contributed by atoms with van der Waals surface area (Å²) in [5, 5.41) is 16.6. The van der Waals surface area contributed by atoms with Crippen LogP contribution in [0.2, 0.25) is 0 Å². The molecule has 1 aromatic heterocycles. The Kier molecular flexibility index (Phi) is 6.01. The number of rotatable bonds is 5. The summed E-state index contributed by atoms with van der Waals surface area (Å²) in [4.78, 5) is 27.6. The fourth-order valence-corrected chi connectivity index (χ4v) is 3.46. The van der Waals surface area contributed by atoms with E-state index in [1.54, 1.807) is 49.6 Å². The molecule has 2 N–H and O–H groups in total. The van der Waals surface area contributed by atoms with Crippen molar-refractivity contribution in [1.82, 2.24) is 10.3 Å². The van der Waals surface area contributed by atoms with Gasteiger partial charge in [-0.3, -0.25) is 20.2 Å². The van der Waals surface area contributed by atoms with E-state index in [9.17, 15) is 14.9 Å². The largest absolute Gasteiger partial charge is 0.497 e. The number of hydrogen-bond acceptors (Lipinski definition) is 7. The molecular formula is C23H18N4O5S. The van der Waals surface area contributed by atoms with Crippen LogP contribution in [0.1, 0.15) is 15.9 Å². The standard InChI is InChI=1S/C23H18N4O5S/c1-13-17(4-3-5-19(13)27(29)30)21(28)26-23(33)24-15-8-6-14(7-9-15)22-25-18-12-16(31-2)10-11-20(18)32-22/h3-12H,1-2H3,(H2,24,26,28,33). The van der Waals surface area contributed by atoms with Crippen molar-refractivity contribution in [2.24, 2.45) is 0 Å². The average Bonchev–Trinajstić information content (AvgIpc) is 3.22. The quantitative estimate of drug-likeness (QED) is 0.245. The molecule has 0 spiro atoms. The fraction of sp³-hybridized carbons (Fsp3) is 0.0870. The molecule has 0 atom stereocenters. The highest BCUT2D eigenvalue weighted by Crippen LogP contribution is 2.27. The van der Waals surface area contributed by atoms with Crippen molar-refractivity contribution in [1.29, 1.82) is 0 Å². The molecule has 1 heterocycles. The molecule has 0 aliphatic carbocycles. The van der Waals surface area contributed by atoms with Crippen LogP contribution in [-0.2, 0) is 0 Å². The summed E-state index contributed by atoms with van der Waals surface area (Å²) in [7, 11) is 1.59. The van der Waals surface area contributed by atoms with Gasteiger partial charge in [-0.15, -0.1) is 0 Å². The molecule has 3 aromatic carbocycles. The van der Waals surface area contributed by atoms with Gasteiger partial charge in [0.2, 0.25) is 5.89 Å². The number of ether oxygens (including phenoxy) is 1. The molecule has 0 aliphatic heterocycles. The van der Waals surface area contributed by atoms with Gasteiger partial charge in [-0.05, 0) is 61.6 Å². The van der Waals surface area contributed by atoms with Gasteiger partial charge in [-0.2, -0.15) is 0 Å². The van der Waals surface area contributed by atoms with E-state index < -0.39 is 10.8 Å². The zero-order valence-electron chi connectivity index (χ0n) is 17.6. The molecule has 0 aliphatic rings. The van der Waals surface area contributed by atoms with Crippen molar-refractivity contribution in [2.45, 2.75) is 6.92 Å². The molecule has 0 unspecified atom stereocenters. The number of aromatic nitrogens is 1. The van der Waals surface area contributed by atoms with E-state index in [2.05, 4.69) is 15.6 Å². The van der Waals surface area contributed by atoms with Gasteiger partial charge in [0.25, 0.3) is 11.6 Å². The Hall–Kier alpha value is -4.31. The summed E-state index contributed by atoms with van der Waals surface area (Å²) in [5.74, 6) is 0.617. The molecule has 4 aromatic rings. The van der Waals surface area contributed by atoms with E-state index in [1.165, 1.54) is 25.1 Å². The second-order valence-corrected chi connectivity index (χ2v) is 7.45. The Balaban J connectivity index is 1.44. The lowest BCUT2D eigenvalue weighted by molar-refractivity contribution is -0.385. The molecular weight excluding hydrogens is 444 g/mol. The lowest BCUT2D eigenvalue weighted by Crippen LogP contribution is -2.34. The highest BCUT2D eigenvalue weighted by molar-refractivity contribution is 7.80. The average molecular weight is 462 g/mol. The van der Waals surface area contributed by atoms with Crippen LogP contribution in [0.4, 0.5) is 11.4 Å². The lowest BCUT2D eigenvalue weighted by Gasteiger charge is -2.11. The van der Waals surface area contributed by atoms with Gasteiger partial charge < -0.3 is 14.5 Å². The van der Waals surface area contributed by atoms with Gasteiger partial charge in [-0.1, -0.05) is 6.07 Å². The van der Waals surface area contributed by atoms with Crippen molar-refractivity contribution in [3.8, 4) is 17.2 Å². The van der Waals surface area contributed by atoms with Crippen LogP contribution in [-0.4, -0.2) is 28.0 Å². The highest BCUT2D eigenvalue weighted by atomic mass is 32.1. The van der Waals surface area contributed by atoms with Crippen molar-refractivity contribution in [3.63, 3.8) is 0 Å². The number of oxazole rings is 1. The molecule has 10 heteroatoms. The van der Waals surface area contributed by atoms with Gasteiger partial charge in [0, 0.05) is 34.5 Å². The predicted molar refractivity (Wildman–Crippen MR) is 128 cm³/mol. The van der Waals surface area contributed by atoms with Crippen molar-refractivity contribution < 1.29 is 18.9 Å². The number of methoxy groups -OCH3 is 1. The summed E-state index contributed by atoms with van der Waals surface area (Å²) in [5.41, 5.74) is 3.05. The molecule has 0 fully saturated rings. The SMILES string of the molecule is COc1ccc2oc(-c3ccc(NC(=S)NC(=O)c4cccc([N+](=O)[O-])c4C)cc3)nc2c1. The maximum absolute atomic E-state index is 12.5. The van der Waals surface area contributed by atoms with Crippen LogP contribution in [0.5, 0.6) is 5.75 Å². The minimum Gasteiger partial charge on any atom is -0.497 e. The summed E-state index contributed by atoms with van der Waals surface area (Å²) >= 11 is 5.21. The number of hydrogen-bond donors (Lipinski definition) is 2. The molecule has 1 amide bonds. The number of anilines is 1. The third kappa shape index (κ3) is 4.65. The van der Waals surface area contributed by atoms with Crippen molar-refractivity contribution >= 4 is 45.7 Å². The highest BCUT2D eigenvalue weighted by Gasteiger charge is 2.18. The Morgan fingerprint density at radius 3 is 2.61 bits per heavy atom. The summed E-state index contributed by atoms with van der Waals surface area (Å²) in [6.45, 7) is 1.52. The minimum absolute atomic E-state index is 0.0626. The summed E-state index contributed by atoms with van der Waals surface area (Å²) < 4.78 is 11.0. The number of thiocarbonyl (C=S) groups is 1. The molecule has 33 heavy (non-hydrogen) atoms. The first-order valence-electron chi connectivity index (χ1n) is 9.77. The fourth-order valence-electron chi connectivity index (χ4n) is 3.25. The second kappa shape index (κ2) is 9.05. The molecule has 166 valence electrons. The number of nitro benzene ring substituents is 1. The Morgan fingerprint density at radius 1 is 1.15 bits per heavy atom. The van der Waals surface area contributed by atoms with Gasteiger partial charge in [0.1, 0.15) is 11.3 Å². The molecule has 0 bridgehead atoms. The van der Waals surface area contributed by atoms with E-state index in [0.29, 0.717) is 28.4 Å². The van der Waals surface area contributed by atoms with E-state index in [1.807, 2.05) is 0 Å². The van der Waals surface area contributed by atoms with Crippen LogP contribution < -0.4 is 15.4 Å². The molecule has 0 saturated heterocycles. The smallest absolute Gasteiger partial charge is 0.273 e. The molecule has 9 nitrogen and oxygen atoms in total. The van der Waals surface area contributed by atoms with Crippen LogP contribution in [0.25, 0.3) is 22.6 Å². The van der Waals surface area contributed by atoms with E-state index in [-0.39, 0.29) is 21.9 Å². The van der Waals surface area contributed by atoms with Crippen molar-refractivity contribution in [3.05, 3.63) is 81.9 Å². The minimum atomic E-state index is -0.535. The number of nitro groups is 1. The van der Waals surface area contributed by atoms with Crippen LogP contribution >= 0.6 is 12.2 Å². The predicted octanol–water partition coefficient (Wildman–Crippen LogP) is 4.85. The normalized spacial score (nSPS) is 10.6. The number of benzene rings is 3. The van der Waals surface area contributed by atoms with Crippen LogP contribution in [0.15, 0.2) is 65.1 Å². The lowest BCUT2D eigenvalue weighted by atomic mass is 10.1. The first-order chi connectivity index (χ1) is 15.9. The van der Waals surface area contributed by atoms with Gasteiger partial charge in [-0.25, -0.2) is 4.98 Å². The van der Waals surface area contributed by atoms with Crippen LogP contribution in [0.3, 0.4) is 0 Å². The third-order valence-corrected chi connectivity index (χ3v) is 5.16. The van der Waals surface area contributed by atoms with Gasteiger partial charge >= 0.3 is 0 Å². The maximum Gasteiger partial charge on any atom is 0.273 e. The first-order valence-corrected chi connectivity index (χ1v) is 10.2. The molecule has 4 rings (SSSR count). The van der Waals surface area contributed by atoms with Gasteiger partial charge in [0.05, 0.1) is 12.0 Å². The van der Waals surface area contributed by atoms with Crippen LogP contribution in [0, 0.1) is 17.0 Å². The third-order valence-electron chi connectivity index (χ3n) is 4.96. The molecule has 0 radical (unpaired) electrons. The Morgan fingerprint density at radius 2 is 1.91 bits per heavy atom. The number of carbonyl (C=O) groups is 1. The maximum atomic E-state index is 12.5. The number of nitrogens with zero attached hydrogens (tertiary/aromatic N) is 2. The second-order valence-electron chi connectivity index (χ2n) is 7.05. The summed E-state index contributed by atoms with van der Waals surface area (Å²) in [6.07, 6.45) is 0. The molecule has 0 saturated carbocycles. The number of carbonyl (C=O) groups excluding carboxylic acids is 1. The topological polar surface area (TPSA) is 120 Å². The monoisotopic (exact) mass is 462 g/mol. The number of amides is 1. The van der Waals surface area contributed by atoms with Gasteiger partial charge in [0.15, 0.2) is 10.7 Å². The summed E-state index contributed by atoms with van der Waals surface area (Å²) in [6, 6.07) is 16.8. The number of fused-ring (bicyclic) bond motifs is 1. The van der Waals surface area contributed by atoms with E-state index in [4.69, 9.17) is 21.4 Å².